The van der Waals surface area contributed by atoms with Gasteiger partial charge in [0.25, 0.3) is 5.69 Å². The first-order valence-corrected chi connectivity index (χ1v) is 8.02. The van der Waals surface area contributed by atoms with Crippen molar-refractivity contribution in [2.75, 3.05) is 7.11 Å². The van der Waals surface area contributed by atoms with Crippen molar-refractivity contribution in [3.63, 3.8) is 0 Å². The van der Waals surface area contributed by atoms with Gasteiger partial charge in [-0.05, 0) is 30.3 Å². The minimum absolute atomic E-state index is 0.0482. The molecule has 0 atom stereocenters. The van der Waals surface area contributed by atoms with Gasteiger partial charge in [0.15, 0.2) is 5.78 Å². The van der Waals surface area contributed by atoms with E-state index in [1.165, 1.54) is 24.3 Å². The molecule has 114 valence electrons. The van der Waals surface area contributed by atoms with Crippen LogP contribution in [0.2, 0.25) is 0 Å². The van der Waals surface area contributed by atoms with Gasteiger partial charge in [0.1, 0.15) is 5.75 Å². The Hall–Kier alpha value is -1.73. The third kappa shape index (κ3) is 3.53. The highest BCUT2D eigenvalue weighted by molar-refractivity contribution is 9.24. The molecule has 0 saturated carbocycles. The van der Waals surface area contributed by atoms with E-state index in [9.17, 15) is 14.9 Å². The highest BCUT2D eigenvalue weighted by atomic mass is 79.9. The van der Waals surface area contributed by atoms with Crippen molar-refractivity contribution in [3.05, 3.63) is 69.3 Å². The number of methoxy groups -OCH3 is 1. The van der Waals surface area contributed by atoms with Gasteiger partial charge >= 0.3 is 0 Å². The Kier molecular flexibility index (Phi) is 5.31. The summed E-state index contributed by atoms with van der Waals surface area (Å²) in [7, 11) is 1.55. The Labute approximate surface area is 143 Å². The molecule has 2 aromatic rings. The molecule has 0 fully saturated rings. The topological polar surface area (TPSA) is 69.4 Å². The first-order chi connectivity index (χ1) is 10.4. The number of carbonyl (C=O) groups is 1. The summed E-state index contributed by atoms with van der Waals surface area (Å²) in [4.78, 5) is 22.6. The molecule has 0 aliphatic rings. The summed E-state index contributed by atoms with van der Waals surface area (Å²) in [6.45, 7) is 0. The molecule has 0 radical (unpaired) electrons. The van der Waals surface area contributed by atoms with Crippen molar-refractivity contribution in [3.8, 4) is 5.75 Å². The highest BCUT2D eigenvalue weighted by Crippen LogP contribution is 2.36. The average Bonchev–Trinajstić information content (AvgIpc) is 2.53. The van der Waals surface area contributed by atoms with Crippen LogP contribution < -0.4 is 4.74 Å². The van der Waals surface area contributed by atoms with E-state index in [-0.39, 0.29) is 15.2 Å². The van der Waals surface area contributed by atoms with E-state index < -0.39 is 4.92 Å². The number of nitro benzene ring substituents is 1. The van der Waals surface area contributed by atoms with Crippen molar-refractivity contribution in [2.24, 2.45) is 0 Å². The lowest BCUT2D eigenvalue weighted by molar-refractivity contribution is -0.384. The van der Waals surface area contributed by atoms with Gasteiger partial charge in [-0.1, -0.05) is 31.9 Å². The molecule has 0 bridgehead atoms. The first kappa shape index (κ1) is 16.6. The summed E-state index contributed by atoms with van der Waals surface area (Å²) >= 11 is 6.78. The molecule has 0 spiro atoms. The predicted octanol–water partition coefficient (Wildman–Crippen LogP) is 4.62. The van der Waals surface area contributed by atoms with Crippen molar-refractivity contribution in [2.45, 2.75) is 3.74 Å². The number of benzene rings is 2. The molecule has 0 unspecified atom stereocenters. The third-order valence-electron chi connectivity index (χ3n) is 3.07. The lowest BCUT2D eigenvalue weighted by Gasteiger charge is -2.11. The van der Waals surface area contributed by atoms with Gasteiger partial charge in [0.05, 0.1) is 15.8 Å². The molecule has 7 heteroatoms. The predicted molar refractivity (Wildman–Crippen MR) is 90.1 cm³/mol. The minimum atomic E-state index is -0.500. The van der Waals surface area contributed by atoms with Gasteiger partial charge in [-0.2, -0.15) is 0 Å². The molecule has 0 N–H and O–H groups in total. The smallest absolute Gasteiger partial charge is 0.269 e. The SMILES string of the molecule is COc1ccc(C(=O)c2ccc([N+](=O)[O-])cc2)cc1C(Br)Br. The van der Waals surface area contributed by atoms with E-state index in [4.69, 9.17) is 4.74 Å². The molecular weight excluding hydrogens is 418 g/mol. The summed E-state index contributed by atoms with van der Waals surface area (Å²) in [5, 5.41) is 10.6. The number of ether oxygens (including phenoxy) is 1. The van der Waals surface area contributed by atoms with Crippen molar-refractivity contribution in [1.82, 2.24) is 0 Å². The van der Waals surface area contributed by atoms with Crippen molar-refractivity contribution < 1.29 is 14.5 Å². The van der Waals surface area contributed by atoms with Crippen molar-refractivity contribution >= 4 is 43.3 Å². The first-order valence-electron chi connectivity index (χ1n) is 6.19. The van der Waals surface area contributed by atoms with Crippen LogP contribution in [0.5, 0.6) is 5.75 Å². The van der Waals surface area contributed by atoms with Crippen LogP contribution in [0.15, 0.2) is 42.5 Å². The van der Waals surface area contributed by atoms with Crippen LogP contribution in [0.1, 0.15) is 25.2 Å². The van der Waals surface area contributed by atoms with Gasteiger partial charge in [0.2, 0.25) is 0 Å². The summed E-state index contributed by atoms with van der Waals surface area (Å²) in [6.07, 6.45) is 0. The number of nitro groups is 1. The van der Waals surface area contributed by atoms with Crippen LogP contribution in [0.4, 0.5) is 5.69 Å². The Morgan fingerprint density at radius 1 is 1.14 bits per heavy atom. The Morgan fingerprint density at radius 2 is 1.73 bits per heavy atom. The monoisotopic (exact) mass is 427 g/mol. The molecular formula is C15H11Br2NO4. The molecule has 0 aliphatic carbocycles. The fourth-order valence-corrected chi connectivity index (χ4v) is 2.66. The Bertz CT molecular complexity index is 714. The molecule has 0 amide bonds. The van der Waals surface area contributed by atoms with E-state index in [1.54, 1.807) is 25.3 Å². The second-order valence-electron chi connectivity index (χ2n) is 4.39. The van der Waals surface area contributed by atoms with Gasteiger partial charge < -0.3 is 4.74 Å². The molecule has 0 aliphatic heterocycles. The van der Waals surface area contributed by atoms with Crippen molar-refractivity contribution in [1.29, 1.82) is 0 Å². The number of hydrogen-bond acceptors (Lipinski definition) is 4. The molecule has 0 aromatic heterocycles. The van der Waals surface area contributed by atoms with Crippen LogP contribution in [0.3, 0.4) is 0 Å². The zero-order valence-corrected chi connectivity index (χ0v) is 14.6. The maximum absolute atomic E-state index is 12.5. The lowest BCUT2D eigenvalue weighted by Crippen LogP contribution is -2.03. The summed E-state index contributed by atoms with van der Waals surface area (Å²) < 4.78 is 5.09. The lowest BCUT2D eigenvalue weighted by atomic mass is 10.0. The largest absolute Gasteiger partial charge is 0.496 e. The number of rotatable bonds is 5. The standard InChI is InChI=1S/C15H11Br2NO4/c1-22-13-7-4-10(8-12(13)15(16)17)14(19)9-2-5-11(6-3-9)18(20)21/h2-8,15H,1H3. The quantitative estimate of drug-likeness (QED) is 0.301. The molecule has 0 heterocycles. The van der Waals surface area contributed by atoms with E-state index in [2.05, 4.69) is 31.9 Å². The van der Waals surface area contributed by atoms with Crippen LogP contribution >= 0.6 is 31.9 Å². The van der Waals surface area contributed by atoms with E-state index in [0.29, 0.717) is 16.9 Å². The molecule has 2 rings (SSSR count). The van der Waals surface area contributed by atoms with Crippen LogP contribution in [-0.2, 0) is 0 Å². The van der Waals surface area contributed by atoms with Crippen LogP contribution in [0, 0.1) is 10.1 Å². The summed E-state index contributed by atoms with van der Waals surface area (Å²) in [5.74, 6) is 0.443. The molecule has 2 aromatic carbocycles. The second-order valence-corrected chi connectivity index (χ2v) is 7.45. The summed E-state index contributed by atoms with van der Waals surface area (Å²) in [5.41, 5.74) is 1.61. The Balaban J connectivity index is 2.36. The minimum Gasteiger partial charge on any atom is -0.496 e. The maximum Gasteiger partial charge on any atom is 0.269 e. The number of ketones is 1. The van der Waals surface area contributed by atoms with Gasteiger partial charge in [0, 0.05) is 28.8 Å². The Morgan fingerprint density at radius 3 is 2.23 bits per heavy atom. The van der Waals surface area contributed by atoms with E-state index in [1.807, 2.05) is 0 Å². The average molecular weight is 429 g/mol. The number of halogens is 2. The van der Waals surface area contributed by atoms with Gasteiger partial charge in [-0.15, -0.1) is 0 Å². The molecule has 0 saturated heterocycles. The fraction of sp³-hybridized carbons (Fsp3) is 0.133. The number of alkyl halides is 2. The van der Waals surface area contributed by atoms with Gasteiger partial charge in [-0.3, -0.25) is 14.9 Å². The number of hydrogen-bond donors (Lipinski definition) is 0. The number of non-ortho nitro benzene ring substituents is 1. The zero-order valence-electron chi connectivity index (χ0n) is 11.5. The molecule has 5 nitrogen and oxygen atoms in total. The number of carbonyl (C=O) groups excluding carboxylic acids is 1. The van der Waals surface area contributed by atoms with E-state index >= 15 is 0 Å². The fourth-order valence-electron chi connectivity index (χ4n) is 1.95. The second kappa shape index (κ2) is 7.02. The van der Waals surface area contributed by atoms with Gasteiger partial charge in [-0.25, -0.2) is 0 Å². The zero-order chi connectivity index (χ0) is 16.3. The number of nitrogens with zero attached hydrogens (tertiary/aromatic N) is 1. The van der Waals surface area contributed by atoms with E-state index in [0.717, 1.165) is 5.56 Å². The third-order valence-corrected chi connectivity index (χ3v) is 4.05. The normalized spacial score (nSPS) is 10.5. The molecule has 22 heavy (non-hydrogen) atoms. The van der Waals surface area contributed by atoms with Crippen LogP contribution in [-0.4, -0.2) is 17.8 Å². The highest BCUT2D eigenvalue weighted by Gasteiger charge is 2.16. The maximum atomic E-state index is 12.5. The van der Waals surface area contributed by atoms with Crippen LogP contribution in [0.25, 0.3) is 0 Å². The summed E-state index contributed by atoms with van der Waals surface area (Å²) in [6, 6.07) is 10.6.